The van der Waals surface area contributed by atoms with Gasteiger partial charge in [-0.1, -0.05) is 18.2 Å². The standard InChI is InChI=1S/C15H20O3S/c1-11(16)18-12-9-14(17-10-12)15(2,3)19-13-7-5-4-6-8-13/h4-8,12,14H,9-10H2,1-3H3/t12-,14+/m1/s1. The molecular weight excluding hydrogens is 260 g/mol. The number of thioether (sulfide) groups is 1. The molecule has 1 aliphatic heterocycles. The third kappa shape index (κ3) is 3.98. The molecule has 2 rings (SSSR count). The van der Waals surface area contributed by atoms with Crippen LogP contribution >= 0.6 is 11.8 Å². The van der Waals surface area contributed by atoms with E-state index in [1.807, 2.05) is 18.2 Å². The molecule has 2 atom stereocenters. The van der Waals surface area contributed by atoms with Crippen molar-refractivity contribution >= 4 is 17.7 Å². The lowest BCUT2D eigenvalue weighted by Gasteiger charge is -2.30. The van der Waals surface area contributed by atoms with Crippen molar-refractivity contribution in [2.24, 2.45) is 0 Å². The number of ether oxygens (including phenoxy) is 2. The van der Waals surface area contributed by atoms with Gasteiger partial charge in [-0.15, -0.1) is 11.8 Å². The maximum absolute atomic E-state index is 11.0. The Bertz CT molecular complexity index is 430. The first kappa shape index (κ1) is 14.4. The van der Waals surface area contributed by atoms with Crippen LogP contribution < -0.4 is 0 Å². The van der Waals surface area contributed by atoms with Gasteiger partial charge in [0.15, 0.2) is 0 Å². The summed E-state index contributed by atoms with van der Waals surface area (Å²) in [5.41, 5.74) is 0. The molecule has 0 N–H and O–H groups in total. The molecular formula is C15H20O3S. The average molecular weight is 280 g/mol. The minimum absolute atomic E-state index is 0.0454. The maximum atomic E-state index is 11.0. The van der Waals surface area contributed by atoms with E-state index in [4.69, 9.17) is 9.47 Å². The fourth-order valence-corrected chi connectivity index (χ4v) is 3.45. The molecule has 19 heavy (non-hydrogen) atoms. The Morgan fingerprint density at radius 3 is 2.68 bits per heavy atom. The topological polar surface area (TPSA) is 35.5 Å². The molecule has 1 heterocycles. The molecule has 3 nitrogen and oxygen atoms in total. The van der Waals surface area contributed by atoms with Crippen LogP contribution in [0.3, 0.4) is 0 Å². The van der Waals surface area contributed by atoms with Crippen LogP contribution in [0, 0.1) is 0 Å². The van der Waals surface area contributed by atoms with E-state index in [2.05, 4.69) is 26.0 Å². The molecule has 0 amide bonds. The smallest absolute Gasteiger partial charge is 0.302 e. The Morgan fingerprint density at radius 2 is 2.05 bits per heavy atom. The number of hydrogen-bond donors (Lipinski definition) is 0. The third-order valence-electron chi connectivity index (χ3n) is 3.19. The van der Waals surface area contributed by atoms with Gasteiger partial charge in [-0.25, -0.2) is 0 Å². The molecule has 0 spiro atoms. The molecule has 0 bridgehead atoms. The van der Waals surface area contributed by atoms with Gasteiger partial charge >= 0.3 is 5.97 Å². The predicted molar refractivity (Wildman–Crippen MR) is 76.3 cm³/mol. The van der Waals surface area contributed by atoms with Crippen LogP contribution in [0.25, 0.3) is 0 Å². The summed E-state index contributed by atoms with van der Waals surface area (Å²) in [5.74, 6) is -0.234. The summed E-state index contributed by atoms with van der Waals surface area (Å²) in [6.07, 6.45) is 0.770. The fourth-order valence-electron chi connectivity index (χ4n) is 2.26. The monoisotopic (exact) mass is 280 g/mol. The summed E-state index contributed by atoms with van der Waals surface area (Å²) >= 11 is 1.80. The molecule has 1 saturated heterocycles. The number of carbonyl (C=O) groups is 1. The van der Waals surface area contributed by atoms with E-state index < -0.39 is 0 Å². The lowest BCUT2D eigenvalue weighted by Crippen LogP contribution is -2.32. The maximum Gasteiger partial charge on any atom is 0.302 e. The Morgan fingerprint density at radius 1 is 1.37 bits per heavy atom. The van der Waals surface area contributed by atoms with E-state index in [-0.39, 0.29) is 22.9 Å². The van der Waals surface area contributed by atoms with Gasteiger partial charge in [-0.2, -0.15) is 0 Å². The Labute approximate surface area is 118 Å². The highest BCUT2D eigenvalue weighted by molar-refractivity contribution is 8.00. The van der Waals surface area contributed by atoms with Crippen LogP contribution in [0.5, 0.6) is 0 Å². The second-order valence-corrected chi connectivity index (χ2v) is 7.04. The second kappa shape index (κ2) is 5.97. The lowest BCUT2D eigenvalue weighted by atomic mass is 10.0. The number of carbonyl (C=O) groups excluding carboxylic acids is 1. The summed E-state index contributed by atoms with van der Waals surface area (Å²) in [6.45, 7) is 6.29. The van der Waals surface area contributed by atoms with Crippen molar-refractivity contribution in [2.75, 3.05) is 6.61 Å². The van der Waals surface area contributed by atoms with Crippen molar-refractivity contribution < 1.29 is 14.3 Å². The molecule has 104 valence electrons. The Hall–Kier alpha value is -1.00. The number of benzene rings is 1. The highest BCUT2D eigenvalue weighted by Gasteiger charge is 2.39. The first-order valence-electron chi connectivity index (χ1n) is 6.50. The molecule has 1 aromatic carbocycles. The van der Waals surface area contributed by atoms with E-state index in [1.165, 1.54) is 11.8 Å². The zero-order chi connectivity index (χ0) is 13.9. The normalized spacial score (nSPS) is 23.3. The van der Waals surface area contributed by atoms with Gasteiger partial charge in [0.25, 0.3) is 0 Å². The van der Waals surface area contributed by atoms with Crippen LogP contribution in [0.4, 0.5) is 0 Å². The summed E-state index contributed by atoms with van der Waals surface area (Å²) < 4.78 is 11.0. The van der Waals surface area contributed by atoms with Crippen molar-refractivity contribution in [3.8, 4) is 0 Å². The van der Waals surface area contributed by atoms with Crippen LogP contribution in [0.15, 0.2) is 35.2 Å². The minimum Gasteiger partial charge on any atom is -0.460 e. The SMILES string of the molecule is CC(=O)O[C@H]1CO[C@H](C(C)(C)Sc2ccccc2)C1. The van der Waals surface area contributed by atoms with Crippen LogP contribution in [-0.4, -0.2) is 29.5 Å². The van der Waals surface area contributed by atoms with Gasteiger partial charge < -0.3 is 9.47 Å². The van der Waals surface area contributed by atoms with Crippen molar-refractivity contribution in [3.63, 3.8) is 0 Å². The zero-order valence-corrected chi connectivity index (χ0v) is 12.4. The van der Waals surface area contributed by atoms with Crippen molar-refractivity contribution in [1.29, 1.82) is 0 Å². The molecule has 0 unspecified atom stereocenters. The van der Waals surface area contributed by atoms with Crippen LogP contribution in [0.2, 0.25) is 0 Å². The fraction of sp³-hybridized carbons (Fsp3) is 0.533. The molecule has 0 aromatic heterocycles. The first-order chi connectivity index (χ1) is 8.97. The van der Waals surface area contributed by atoms with Crippen molar-refractivity contribution in [2.45, 2.75) is 49.0 Å². The van der Waals surface area contributed by atoms with Gasteiger partial charge in [0, 0.05) is 23.0 Å². The minimum atomic E-state index is -0.234. The summed E-state index contributed by atoms with van der Waals surface area (Å²) in [6, 6.07) is 10.3. The summed E-state index contributed by atoms with van der Waals surface area (Å²) in [5, 5.41) is 0. The highest BCUT2D eigenvalue weighted by atomic mass is 32.2. The number of hydrogen-bond acceptors (Lipinski definition) is 4. The van der Waals surface area contributed by atoms with Gasteiger partial charge in [0.05, 0.1) is 12.7 Å². The van der Waals surface area contributed by atoms with Crippen molar-refractivity contribution in [3.05, 3.63) is 30.3 Å². The number of esters is 1. The summed E-state index contributed by atoms with van der Waals surface area (Å²) in [7, 11) is 0. The Balaban J connectivity index is 1.95. The Kier molecular flexibility index (Phi) is 4.53. The summed E-state index contributed by atoms with van der Waals surface area (Å²) in [4.78, 5) is 12.2. The predicted octanol–water partition coefficient (Wildman–Crippen LogP) is 3.28. The molecule has 0 saturated carbocycles. The average Bonchev–Trinajstić information content (AvgIpc) is 2.78. The molecule has 4 heteroatoms. The third-order valence-corrected chi connectivity index (χ3v) is 4.49. The van der Waals surface area contributed by atoms with E-state index in [1.54, 1.807) is 11.8 Å². The van der Waals surface area contributed by atoms with Crippen molar-refractivity contribution in [1.82, 2.24) is 0 Å². The van der Waals surface area contributed by atoms with Gasteiger partial charge in [0.1, 0.15) is 6.10 Å². The molecule has 0 aliphatic carbocycles. The molecule has 0 radical (unpaired) electrons. The van der Waals surface area contributed by atoms with E-state index in [0.717, 1.165) is 6.42 Å². The second-order valence-electron chi connectivity index (χ2n) is 5.31. The quantitative estimate of drug-likeness (QED) is 0.626. The highest BCUT2D eigenvalue weighted by Crippen LogP contribution is 2.40. The van der Waals surface area contributed by atoms with Crippen LogP contribution in [-0.2, 0) is 14.3 Å². The van der Waals surface area contributed by atoms with Gasteiger partial charge in [-0.3, -0.25) is 4.79 Å². The van der Waals surface area contributed by atoms with Gasteiger partial charge in [0.2, 0.25) is 0 Å². The molecule has 1 fully saturated rings. The van der Waals surface area contributed by atoms with Gasteiger partial charge in [-0.05, 0) is 26.0 Å². The largest absolute Gasteiger partial charge is 0.460 e. The van der Waals surface area contributed by atoms with Crippen LogP contribution in [0.1, 0.15) is 27.2 Å². The molecule has 1 aliphatic rings. The zero-order valence-electron chi connectivity index (χ0n) is 11.6. The number of rotatable bonds is 4. The lowest BCUT2D eigenvalue weighted by molar-refractivity contribution is -0.146. The van der Waals surface area contributed by atoms with E-state index >= 15 is 0 Å². The van der Waals surface area contributed by atoms with E-state index in [9.17, 15) is 4.79 Å². The molecule has 1 aromatic rings. The first-order valence-corrected chi connectivity index (χ1v) is 7.32. The van der Waals surface area contributed by atoms with E-state index in [0.29, 0.717) is 6.61 Å².